The van der Waals surface area contributed by atoms with Gasteiger partial charge < -0.3 is 4.74 Å². The van der Waals surface area contributed by atoms with Gasteiger partial charge in [0.2, 0.25) is 0 Å². The highest BCUT2D eigenvalue weighted by Gasteiger charge is 2.29. The fourth-order valence-electron chi connectivity index (χ4n) is 2.18. The van der Waals surface area contributed by atoms with Gasteiger partial charge in [0.25, 0.3) is 5.91 Å². The topological polar surface area (TPSA) is 67.6 Å². The number of nitrogen functional groups attached to an aromatic ring is 1. The van der Waals surface area contributed by atoms with Crippen molar-refractivity contribution in [2.24, 2.45) is 5.84 Å². The molecule has 0 saturated heterocycles. The van der Waals surface area contributed by atoms with Gasteiger partial charge in [-0.25, -0.2) is 10.2 Å². The SMILES string of the molecule is COCCN(Cc1cc(C(=O)NN)ccc1F)C1CC1. The quantitative estimate of drug-likeness (QED) is 0.445. The summed E-state index contributed by atoms with van der Waals surface area (Å²) in [6.45, 7) is 1.85. The van der Waals surface area contributed by atoms with E-state index in [9.17, 15) is 9.18 Å². The lowest BCUT2D eigenvalue weighted by molar-refractivity contribution is 0.0953. The van der Waals surface area contributed by atoms with Gasteiger partial charge in [0.1, 0.15) is 5.82 Å². The van der Waals surface area contributed by atoms with Crippen molar-refractivity contribution in [2.75, 3.05) is 20.3 Å². The standard InChI is InChI=1S/C14H20FN3O2/c1-20-7-6-18(12-3-4-12)9-11-8-10(14(19)17-16)2-5-13(11)15/h2,5,8,12H,3-4,6-7,9,16H2,1H3,(H,17,19). The van der Waals surface area contributed by atoms with E-state index in [0.29, 0.717) is 30.3 Å². The van der Waals surface area contributed by atoms with Crippen LogP contribution < -0.4 is 11.3 Å². The molecule has 1 aliphatic carbocycles. The molecule has 5 nitrogen and oxygen atoms in total. The summed E-state index contributed by atoms with van der Waals surface area (Å²) in [5.74, 6) is 4.38. The molecule has 0 unspecified atom stereocenters. The van der Waals surface area contributed by atoms with Crippen molar-refractivity contribution in [3.8, 4) is 0 Å². The van der Waals surface area contributed by atoms with E-state index in [1.807, 2.05) is 0 Å². The number of amides is 1. The lowest BCUT2D eigenvalue weighted by Gasteiger charge is -2.22. The minimum Gasteiger partial charge on any atom is -0.383 e. The number of methoxy groups -OCH3 is 1. The first-order chi connectivity index (χ1) is 9.65. The molecule has 2 rings (SSSR count). The third-order valence-corrected chi connectivity index (χ3v) is 3.46. The van der Waals surface area contributed by atoms with Crippen LogP contribution in [0.25, 0.3) is 0 Å². The number of halogens is 1. The molecule has 1 fully saturated rings. The molecule has 0 aliphatic heterocycles. The van der Waals surface area contributed by atoms with E-state index < -0.39 is 5.91 Å². The molecule has 0 spiro atoms. The van der Waals surface area contributed by atoms with Crippen LogP contribution in [0, 0.1) is 5.82 Å². The minimum absolute atomic E-state index is 0.304. The van der Waals surface area contributed by atoms with Crippen LogP contribution in [0.1, 0.15) is 28.8 Å². The first-order valence-corrected chi connectivity index (χ1v) is 6.68. The number of nitrogens with zero attached hydrogens (tertiary/aromatic N) is 1. The van der Waals surface area contributed by atoms with E-state index in [1.165, 1.54) is 12.1 Å². The second-order valence-corrected chi connectivity index (χ2v) is 4.97. The van der Waals surface area contributed by atoms with Crippen LogP contribution in [0.2, 0.25) is 0 Å². The van der Waals surface area contributed by atoms with E-state index in [2.05, 4.69) is 10.3 Å². The number of nitrogens with one attached hydrogen (secondary N) is 1. The van der Waals surface area contributed by atoms with Crippen molar-refractivity contribution in [1.82, 2.24) is 10.3 Å². The first kappa shape index (κ1) is 14.9. The van der Waals surface area contributed by atoms with Gasteiger partial charge in [0, 0.05) is 37.4 Å². The summed E-state index contributed by atoms with van der Waals surface area (Å²) in [6.07, 6.45) is 2.27. The van der Waals surface area contributed by atoms with Crippen LogP contribution in [0.5, 0.6) is 0 Å². The molecule has 0 bridgehead atoms. The monoisotopic (exact) mass is 281 g/mol. The summed E-state index contributed by atoms with van der Waals surface area (Å²) < 4.78 is 19.0. The molecule has 110 valence electrons. The van der Waals surface area contributed by atoms with E-state index >= 15 is 0 Å². The van der Waals surface area contributed by atoms with E-state index in [1.54, 1.807) is 13.2 Å². The summed E-state index contributed by atoms with van der Waals surface area (Å²) in [7, 11) is 1.65. The maximum atomic E-state index is 13.9. The first-order valence-electron chi connectivity index (χ1n) is 6.68. The lowest BCUT2D eigenvalue weighted by atomic mass is 10.1. The van der Waals surface area contributed by atoms with Crippen molar-refractivity contribution in [1.29, 1.82) is 0 Å². The summed E-state index contributed by atoms with van der Waals surface area (Å²) in [6, 6.07) is 4.79. The molecule has 0 radical (unpaired) electrons. The normalized spacial score (nSPS) is 14.6. The summed E-state index contributed by atoms with van der Waals surface area (Å²) >= 11 is 0. The molecular weight excluding hydrogens is 261 g/mol. The van der Waals surface area contributed by atoms with Crippen LogP contribution in [0.15, 0.2) is 18.2 Å². The van der Waals surface area contributed by atoms with Gasteiger partial charge in [-0.05, 0) is 31.0 Å². The Balaban J connectivity index is 2.11. The minimum atomic E-state index is -0.416. The third-order valence-electron chi connectivity index (χ3n) is 3.46. The second-order valence-electron chi connectivity index (χ2n) is 4.97. The van der Waals surface area contributed by atoms with Crippen molar-refractivity contribution in [2.45, 2.75) is 25.4 Å². The van der Waals surface area contributed by atoms with Gasteiger partial charge in [0.15, 0.2) is 0 Å². The molecule has 0 atom stereocenters. The van der Waals surface area contributed by atoms with Gasteiger partial charge in [-0.2, -0.15) is 0 Å². The molecule has 20 heavy (non-hydrogen) atoms. The number of hydrogen-bond acceptors (Lipinski definition) is 4. The van der Waals surface area contributed by atoms with Crippen LogP contribution in [0.3, 0.4) is 0 Å². The van der Waals surface area contributed by atoms with Crippen molar-refractivity contribution < 1.29 is 13.9 Å². The summed E-state index contributed by atoms with van der Waals surface area (Å²) in [5.41, 5.74) is 2.93. The highest BCUT2D eigenvalue weighted by Crippen LogP contribution is 2.28. The molecule has 0 aromatic heterocycles. The highest BCUT2D eigenvalue weighted by molar-refractivity contribution is 5.93. The van der Waals surface area contributed by atoms with Crippen molar-refractivity contribution in [3.05, 3.63) is 35.1 Å². The zero-order valence-electron chi connectivity index (χ0n) is 11.6. The Hall–Kier alpha value is -1.50. The highest BCUT2D eigenvalue weighted by atomic mass is 19.1. The van der Waals surface area contributed by atoms with Gasteiger partial charge in [-0.1, -0.05) is 0 Å². The van der Waals surface area contributed by atoms with E-state index in [0.717, 1.165) is 19.4 Å². The van der Waals surface area contributed by atoms with Gasteiger partial charge >= 0.3 is 0 Å². The van der Waals surface area contributed by atoms with E-state index in [4.69, 9.17) is 10.6 Å². The molecule has 1 saturated carbocycles. The fourth-order valence-corrected chi connectivity index (χ4v) is 2.18. The van der Waals surface area contributed by atoms with Gasteiger partial charge in [-0.3, -0.25) is 15.1 Å². The van der Waals surface area contributed by atoms with Gasteiger partial charge in [-0.15, -0.1) is 0 Å². The molecule has 6 heteroatoms. The molecular formula is C14H20FN3O2. The van der Waals surface area contributed by atoms with Gasteiger partial charge in [0.05, 0.1) is 6.61 Å². The average Bonchev–Trinajstić information content (AvgIpc) is 3.29. The Morgan fingerprint density at radius 3 is 2.90 bits per heavy atom. The smallest absolute Gasteiger partial charge is 0.265 e. The molecule has 1 aliphatic rings. The van der Waals surface area contributed by atoms with Crippen molar-refractivity contribution >= 4 is 5.91 Å². The predicted molar refractivity (Wildman–Crippen MR) is 73.4 cm³/mol. The largest absolute Gasteiger partial charge is 0.383 e. The number of nitrogens with two attached hydrogens (primary N) is 1. The average molecular weight is 281 g/mol. The van der Waals surface area contributed by atoms with Crippen LogP contribution in [-0.2, 0) is 11.3 Å². The van der Waals surface area contributed by atoms with Crippen molar-refractivity contribution in [3.63, 3.8) is 0 Å². The number of benzene rings is 1. The van der Waals surface area contributed by atoms with E-state index in [-0.39, 0.29) is 5.82 Å². The number of hydrazine groups is 1. The zero-order valence-corrected chi connectivity index (χ0v) is 11.6. The molecule has 0 heterocycles. The molecule has 1 aromatic carbocycles. The number of ether oxygens (including phenoxy) is 1. The molecule has 1 aromatic rings. The second kappa shape index (κ2) is 6.78. The Kier molecular flexibility index (Phi) is 5.05. The lowest BCUT2D eigenvalue weighted by Crippen LogP contribution is -2.31. The predicted octanol–water partition coefficient (Wildman–Crippen LogP) is 1.04. The number of carbonyl (C=O) groups is 1. The molecule has 3 N–H and O–H groups in total. The maximum Gasteiger partial charge on any atom is 0.265 e. The summed E-state index contributed by atoms with van der Waals surface area (Å²) in [4.78, 5) is 13.7. The zero-order chi connectivity index (χ0) is 14.5. The maximum absolute atomic E-state index is 13.9. The Bertz CT molecular complexity index is 477. The van der Waals surface area contributed by atoms with Crippen LogP contribution in [0.4, 0.5) is 4.39 Å². The Morgan fingerprint density at radius 2 is 2.30 bits per heavy atom. The Morgan fingerprint density at radius 1 is 1.55 bits per heavy atom. The Labute approximate surface area is 117 Å². The fraction of sp³-hybridized carbons (Fsp3) is 0.500. The number of hydrogen-bond donors (Lipinski definition) is 2. The summed E-state index contributed by atoms with van der Waals surface area (Å²) in [5, 5.41) is 0. The number of carbonyl (C=O) groups excluding carboxylic acids is 1. The molecule has 1 amide bonds. The number of rotatable bonds is 7. The van der Waals surface area contributed by atoms with Crippen LogP contribution >= 0.6 is 0 Å². The third kappa shape index (κ3) is 3.75. The van der Waals surface area contributed by atoms with Crippen LogP contribution in [-0.4, -0.2) is 37.1 Å².